The number of carbonyl (C=O) groups excluding carboxylic acids is 2. The maximum atomic E-state index is 14.6. The zero-order valence-corrected chi connectivity index (χ0v) is 22.6. The van der Waals surface area contributed by atoms with E-state index in [4.69, 9.17) is 11.3 Å². The van der Waals surface area contributed by atoms with Crippen LogP contribution in [-0.4, -0.2) is 49.9 Å². The number of amides is 2. The number of aromatic carboxylic acids is 1. The summed E-state index contributed by atoms with van der Waals surface area (Å²) in [5, 5.41) is 25.7. The van der Waals surface area contributed by atoms with Crippen molar-refractivity contribution in [3.05, 3.63) is 99.1 Å². The van der Waals surface area contributed by atoms with E-state index < -0.39 is 29.6 Å². The number of carboxylic acids is 1. The molecule has 2 amide bonds. The number of nitrogens with zero attached hydrogens (tertiary/aromatic N) is 5. The zero-order chi connectivity index (χ0) is 30.2. The topological polar surface area (TPSA) is 164 Å². The highest BCUT2D eigenvalue weighted by molar-refractivity contribution is 6.00. The van der Waals surface area contributed by atoms with E-state index in [0.717, 1.165) is 21.8 Å². The van der Waals surface area contributed by atoms with Crippen LogP contribution in [0, 0.1) is 19.3 Å². The van der Waals surface area contributed by atoms with Gasteiger partial charge in [-0.25, -0.2) is 18.7 Å². The molecule has 43 heavy (non-hydrogen) atoms. The minimum absolute atomic E-state index is 0.0791. The van der Waals surface area contributed by atoms with E-state index in [2.05, 4.69) is 36.1 Å². The van der Waals surface area contributed by atoms with Gasteiger partial charge >= 0.3 is 5.97 Å². The van der Waals surface area contributed by atoms with E-state index in [1.165, 1.54) is 12.1 Å². The predicted octanol–water partition coefficient (Wildman–Crippen LogP) is 3.26. The Morgan fingerprint density at radius 2 is 2.09 bits per heavy atom. The Bertz CT molecular complexity index is 1910. The SMILES string of the molecule is [C-]#[N+]N=C1COc2ccc(CNC(=O)c3cc(C(=O)N[C@H]4CCc5c4ccc(C(=O)O)c5C)n4ncc(F)c4n3)cc2N1. The van der Waals surface area contributed by atoms with Crippen molar-refractivity contribution in [3.8, 4) is 5.75 Å². The second-order valence-corrected chi connectivity index (χ2v) is 10.0. The van der Waals surface area contributed by atoms with Crippen LogP contribution in [0.1, 0.15) is 66.1 Å². The molecule has 0 radical (unpaired) electrons. The predicted molar refractivity (Wildman–Crippen MR) is 150 cm³/mol. The monoisotopic (exact) mass is 582 g/mol. The van der Waals surface area contributed by atoms with Crippen LogP contribution in [0.3, 0.4) is 0 Å². The zero-order valence-electron chi connectivity index (χ0n) is 22.6. The quantitative estimate of drug-likeness (QED) is 0.199. The Morgan fingerprint density at radius 1 is 1.26 bits per heavy atom. The number of aromatic nitrogens is 3. The van der Waals surface area contributed by atoms with Crippen LogP contribution in [0.25, 0.3) is 10.6 Å². The summed E-state index contributed by atoms with van der Waals surface area (Å²) in [7, 11) is 0. The molecule has 216 valence electrons. The number of ether oxygens (including phenoxy) is 1. The van der Waals surface area contributed by atoms with E-state index in [-0.39, 0.29) is 35.8 Å². The van der Waals surface area contributed by atoms with Crippen LogP contribution in [0.2, 0.25) is 0 Å². The Labute approximate surface area is 243 Å². The third-order valence-electron chi connectivity index (χ3n) is 7.43. The molecule has 0 spiro atoms. The second kappa shape index (κ2) is 10.9. The highest BCUT2D eigenvalue weighted by Gasteiger charge is 2.29. The maximum absolute atomic E-state index is 14.6. The molecule has 3 heterocycles. The van der Waals surface area contributed by atoms with Gasteiger partial charge in [-0.05, 0) is 60.2 Å². The lowest BCUT2D eigenvalue weighted by Gasteiger charge is -2.19. The van der Waals surface area contributed by atoms with Crippen molar-refractivity contribution in [1.29, 1.82) is 0 Å². The van der Waals surface area contributed by atoms with Crippen LogP contribution in [0.15, 0.2) is 47.7 Å². The summed E-state index contributed by atoms with van der Waals surface area (Å²) in [4.78, 5) is 45.2. The number of halogens is 1. The molecule has 0 fully saturated rings. The third-order valence-corrected chi connectivity index (χ3v) is 7.43. The second-order valence-electron chi connectivity index (χ2n) is 10.0. The van der Waals surface area contributed by atoms with Gasteiger partial charge in [-0.15, -0.1) is 4.95 Å². The largest absolute Gasteiger partial charge is 0.483 e. The molecule has 4 N–H and O–H groups in total. The summed E-state index contributed by atoms with van der Waals surface area (Å²) in [5.41, 5.74) is 3.27. The Kier molecular flexibility index (Phi) is 6.90. The van der Waals surface area contributed by atoms with Crippen LogP contribution >= 0.6 is 0 Å². The molecule has 0 bridgehead atoms. The summed E-state index contributed by atoms with van der Waals surface area (Å²) in [6.45, 7) is 8.84. The van der Waals surface area contributed by atoms with Crippen molar-refractivity contribution in [2.45, 2.75) is 32.4 Å². The minimum atomic E-state index is -1.02. The van der Waals surface area contributed by atoms with Gasteiger partial charge in [0.05, 0.1) is 23.5 Å². The van der Waals surface area contributed by atoms with Gasteiger partial charge in [0.25, 0.3) is 11.8 Å². The van der Waals surface area contributed by atoms with E-state index in [1.54, 1.807) is 31.2 Å². The average molecular weight is 583 g/mol. The molecule has 14 heteroatoms. The Balaban J connectivity index is 1.22. The summed E-state index contributed by atoms with van der Waals surface area (Å²) in [6, 6.07) is 9.26. The number of hydrogen-bond donors (Lipinski definition) is 4. The number of amidine groups is 1. The van der Waals surface area contributed by atoms with Crippen molar-refractivity contribution in [2.75, 3.05) is 11.9 Å². The van der Waals surface area contributed by atoms with Crippen LogP contribution < -0.4 is 20.7 Å². The first-order valence-electron chi connectivity index (χ1n) is 13.2. The normalized spacial score (nSPS) is 16.0. The number of fused-ring (bicyclic) bond motifs is 3. The van der Waals surface area contributed by atoms with Crippen molar-refractivity contribution in [3.63, 3.8) is 0 Å². The highest BCUT2D eigenvalue weighted by Crippen LogP contribution is 2.35. The van der Waals surface area contributed by atoms with Crippen molar-refractivity contribution in [2.24, 2.45) is 5.10 Å². The lowest BCUT2D eigenvalue weighted by Crippen LogP contribution is -2.31. The number of carbonyl (C=O) groups is 3. The summed E-state index contributed by atoms with van der Waals surface area (Å²) in [6.07, 6.45) is 2.04. The summed E-state index contributed by atoms with van der Waals surface area (Å²) >= 11 is 0. The van der Waals surface area contributed by atoms with Gasteiger partial charge in [-0.3, -0.25) is 9.59 Å². The highest BCUT2D eigenvalue weighted by atomic mass is 19.1. The molecule has 0 saturated carbocycles. The maximum Gasteiger partial charge on any atom is 0.335 e. The smallest absolute Gasteiger partial charge is 0.335 e. The fourth-order valence-electron chi connectivity index (χ4n) is 5.34. The molecule has 1 aliphatic carbocycles. The van der Waals surface area contributed by atoms with E-state index >= 15 is 0 Å². The van der Waals surface area contributed by atoms with E-state index in [0.29, 0.717) is 41.2 Å². The number of anilines is 1. The van der Waals surface area contributed by atoms with Gasteiger partial charge in [0, 0.05) is 12.6 Å². The third kappa shape index (κ3) is 5.08. The molecule has 13 nitrogen and oxygen atoms in total. The lowest BCUT2D eigenvalue weighted by molar-refractivity contribution is 0.0695. The molecule has 1 atom stereocenters. The molecular formula is C29H23FN8O5. The van der Waals surface area contributed by atoms with Crippen molar-refractivity contribution in [1.82, 2.24) is 25.2 Å². The molecule has 2 aromatic heterocycles. The first-order chi connectivity index (χ1) is 20.7. The Morgan fingerprint density at radius 3 is 2.88 bits per heavy atom. The van der Waals surface area contributed by atoms with Crippen LogP contribution in [-0.2, 0) is 13.0 Å². The van der Waals surface area contributed by atoms with E-state index in [9.17, 15) is 23.9 Å². The molecule has 4 aromatic rings. The van der Waals surface area contributed by atoms with Gasteiger partial charge in [0.1, 0.15) is 22.2 Å². The number of rotatable bonds is 6. The lowest BCUT2D eigenvalue weighted by atomic mass is 9.98. The van der Waals surface area contributed by atoms with Crippen molar-refractivity contribution >= 4 is 35.0 Å². The first kappa shape index (κ1) is 27.3. The number of benzene rings is 2. The fraction of sp³-hybridized carbons (Fsp3) is 0.207. The summed E-state index contributed by atoms with van der Waals surface area (Å²) < 4.78 is 21.2. The molecular weight excluding hydrogens is 559 g/mol. The van der Waals surface area contributed by atoms with Crippen molar-refractivity contribution < 1.29 is 28.6 Å². The standard InChI is InChI=1S/C29H23FN8O5/c1-14-16-6-7-20(18(16)5-4-17(14)29(41)42)36-28(40)23-10-22(35-26-19(30)12-33-38(23)26)27(39)32-11-15-3-8-24-21(9-15)34-25(13-43-24)37-31-2/h3-5,8-10,12,20H,6-7,11,13H2,1H3,(H,32,39)(H,34,37)(H,36,40)(H,41,42)/t20-/m0/s1. The van der Waals surface area contributed by atoms with E-state index in [1.807, 2.05) is 0 Å². The molecule has 1 aliphatic heterocycles. The molecule has 6 rings (SSSR count). The first-order valence-corrected chi connectivity index (χ1v) is 13.2. The van der Waals surface area contributed by atoms with Gasteiger partial charge in [0.2, 0.25) is 5.84 Å². The molecule has 2 aliphatic rings. The molecule has 2 aromatic carbocycles. The number of nitrogens with one attached hydrogen (secondary N) is 3. The average Bonchev–Trinajstić information content (AvgIpc) is 3.58. The van der Waals surface area contributed by atoms with Gasteiger partial charge in [-0.2, -0.15) is 11.7 Å². The van der Waals surface area contributed by atoms with Gasteiger partial charge < -0.3 is 25.8 Å². The van der Waals surface area contributed by atoms with Gasteiger partial charge in [-0.1, -0.05) is 12.1 Å². The van der Waals surface area contributed by atoms with Crippen LogP contribution in [0.5, 0.6) is 5.75 Å². The number of carboxylic acid groups (broad SMARTS) is 1. The van der Waals surface area contributed by atoms with Gasteiger partial charge in [0.15, 0.2) is 18.1 Å². The molecule has 0 unspecified atom stereocenters. The van der Waals surface area contributed by atoms with Crippen LogP contribution in [0.4, 0.5) is 10.1 Å². The fourth-order valence-corrected chi connectivity index (χ4v) is 5.34. The molecule has 0 saturated heterocycles. The Hall–Kier alpha value is -5.84. The summed E-state index contributed by atoms with van der Waals surface area (Å²) in [5.74, 6) is -2.13. The number of hydrogen-bond acceptors (Lipinski definition) is 7. The minimum Gasteiger partial charge on any atom is -0.483 e.